The number of ether oxygens (including phenoxy) is 1. The standard InChI is InChI=1S/C22H20ClFN2O2/c1-15(27)26-18-11-9-17(10-12-18)25-13-16-5-2-3-8-22(16)28-14-19-20(23)6-4-7-21(19)24/h2-12,25H,13-14H2,1H3,(H,26,27). The summed E-state index contributed by atoms with van der Waals surface area (Å²) in [7, 11) is 0. The van der Waals surface area contributed by atoms with Crippen LogP contribution >= 0.6 is 11.6 Å². The van der Waals surface area contributed by atoms with Crippen molar-refractivity contribution in [3.05, 3.63) is 88.7 Å². The maximum Gasteiger partial charge on any atom is 0.221 e. The molecule has 0 bridgehead atoms. The van der Waals surface area contributed by atoms with Crippen LogP contribution in [0.2, 0.25) is 5.02 Å². The molecule has 3 rings (SSSR count). The highest BCUT2D eigenvalue weighted by atomic mass is 35.5. The van der Waals surface area contributed by atoms with Gasteiger partial charge in [0.15, 0.2) is 0 Å². The minimum Gasteiger partial charge on any atom is -0.488 e. The smallest absolute Gasteiger partial charge is 0.221 e. The van der Waals surface area contributed by atoms with Crippen molar-refractivity contribution in [2.45, 2.75) is 20.1 Å². The Hall–Kier alpha value is -3.05. The van der Waals surface area contributed by atoms with Crippen LogP contribution in [0.1, 0.15) is 18.1 Å². The Labute approximate surface area is 168 Å². The molecule has 0 spiro atoms. The van der Waals surface area contributed by atoms with E-state index in [1.807, 2.05) is 48.5 Å². The fraction of sp³-hybridized carbons (Fsp3) is 0.136. The van der Waals surface area contributed by atoms with E-state index in [2.05, 4.69) is 10.6 Å². The van der Waals surface area contributed by atoms with E-state index in [4.69, 9.17) is 16.3 Å². The van der Waals surface area contributed by atoms with Crippen LogP contribution in [0.25, 0.3) is 0 Å². The summed E-state index contributed by atoms with van der Waals surface area (Å²) in [6, 6.07) is 19.5. The van der Waals surface area contributed by atoms with E-state index < -0.39 is 0 Å². The van der Waals surface area contributed by atoms with Crippen molar-refractivity contribution >= 4 is 28.9 Å². The van der Waals surface area contributed by atoms with Gasteiger partial charge in [0.25, 0.3) is 0 Å². The Kier molecular flexibility index (Phi) is 6.50. The number of carbonyl (C=O) groups is 1. The maximum absolute atomic E-state index is 13.9. The Morgan fingerprint density at radius 2 is 1.71 bits per heavy atom. The fourth-order valence-electron chi connectivity index (χ4n) is 2.68. The molecule has 4 nitrogen and oxygen atoms in total. The number of hydrogen-bond donors (Lipinski definition) is 2. The number of amides is 1. The minimum absolute atomic E-state index is 0.0495. The normalized spacial score (nSPS) is 10.4. The van der Waals surface area contributed by atoms with Crippen LogP contribution in [0.15, 0.2) is 66.7 Å². The largest absolute Gasteiger partial charge is 0.488 e. The molecule has 0 saturated heterocycles. The van der Waals surface area contributed by atoms with Gasteiger partial charge in [-0.2, -0.15) is 0 Å². The second-order valence-electron chi connectivity index (χ2n) is 6.21. The molecule has 6 heteroatoms. The van der Waals surface area contributed by atoms with Crippen LogP contribution in [0.3, 0.4) is 0 Å². The first-order valence-corrected chi connectivity index (χ1v) is 9.16. The summed E-state index contributed by atoms with van der Waals surface area (Å²) >= 11 is 6.06. The van der Waals surface area contributed by atoms with E-state index in [1.165, 1.54) is 13.0 Å². The van der Waals surface area contributed by atoms with Gasteiger partial charge in [-0.3, -0.25) is 4.79 Å². The summed E-state index contributed by atoms with van der Waals surface area (Å²) in [5.74, 6) is 0.160. The third-order valence-electron chi connectivity index (χ3n) is 4.09. The van der Waals surface area contributed by atoms with Crippen molar-refractivity contribution in [3.8, 4) is 5.75 Å². The number of nitrogens with one attached hydrogen (secondary N) is 2. The molecule has 0 aromatic heterocycles. The lowest BCUT2D eigenvalue weighted by molar-refractivity contribution is -0.114. The molecule has 0 heterocycles. The number of rotatable bonds is 7. The van der Waals surface area contributed by atoms with Crippen molar-refractivity contribution in [1.29, 1.82) is 0 Å². The van der Waals surface area contributed by atoms with E-state index in [9.17, 15) is 9.18 Å². The lowest BCUT2D eigenvalue weighted by Gasteiger charge is -2.14. The lowest BCUT2D eigenvalue weighted by atomic mass is 10.2. The average Bonchev–Trinajstić information content (AvgIpc) is 2.67. The highest BCUT2D eigenvalue weighted by molar-refractivity contribution is 6.31. The second-order valence-corrected chi connectivity index (χ2v) is 6.62. The average molecular weight is 399 g/mol. The monoisotopic (exact) mass is 398 g/mol. The van der Waals surface area contributed by atoms with Crippen LogP contribution in [0, 0.1) is 5.82 Å². The zero-order chi connectivity index (χ0) is 19.9. The first-order chi connectivity index (χ1) is 13.5. The Bertz CT molecular complexity index is 941. The van der Waals surface area contributed by atoms with Crippen LogP contribution in [-0.2, 0) is 17.9 Å². The van der Waals surface area contributed by atoms with Gasteiger partial charge in [0, 0.05) is 36.0 Å². The summed E-state index contributed by atoms with van der Waals surface area (Å²) in [5, 5.41) is 6.38. The van der Waals surface area contributed by atoms with Crippen molar-refractivity contribution in [3.63, 3.8) is 0 Å². The van der Waals surface area contributed by atoms with Crippen LogP contribution < -0.4 is 15.4 Å². The zero-order valence-corrected chi connectivity index (χ0v) is 16.1. The van der Waals surface area contributed by atoms with Gasteiger partial charge in [-0.15, -0.1) is 0 Å². The molecule has 0 radical (unpaired) electrons. The highest BCUT2D eigenvalue weighted by Gasteiger charge is 2.09. The van der Waals surface area contributed by atoms with Crippen molar-refractivity contribution < 1.29 is 13.9 Å². The first-order valence-electron chi connectivity index (χ1n) is 8.78. The number of halogens is 2. The molecule has 0 fully saturated rings. The van der Waals surface area contributed by atoms with E-state index in [1.54, 1.807) is 12.1 Å². The summed E-state index contributed by atoms with van der Waals surface area (Å²) in [4.78, 5) is 11.1. The molecule has 2 N–H and O–H groups in total. The van der Waals surface area contributed by atoms with Crippen molar-refractivity contribution in [2.75, 3.05) is 10.6 Å². The molecular weight excluding hydrogens is 379 g/mol. The molecule has 0 atom stereocenters. The van der Waals surface area contributed by atoms with Crippen LogP contribution in [0.4, 0.5) is 15.8 Å². The van der Waals surface area contributed by atoms with Crippen LogP contribution in [0.5, 0.6) is 5.75 Å². The highest BCUT2D eigenvalue weighted by Crippen LogP contribution is 2.24. The predicted molar refractivity (Wildman–Crippen MR) is 110 cm³/mol. The fourth-order valence-corrected chi connectivity index (χ4v) is 2.90. The third-order valence-corrected chi connectivity index (χ3v) is 4.45. The molecule has 3 aromatic rings. The van der Waals surface area contributed by atoms with Gasteiger partial charge in [-0.1, -0.05) is 35.9 Å². The quantitative estimate of drug-likeness (QED) is 0.542. The summed E-state index contributed by atoms with van der Waals surface area (Å²) in [5.41, 5.74) is 2.91. The number of carbonyl (C=O) groups excluding carboxylic acids is 1. The van der Waals surface area contributed by atoms with Crippen molar-refractivity contribution in [1.82, 2.24) is 0 Å². The second kappa shape index (κ2) is 9.24. The van der Waals surface area contributed by atoms with Gasteiger partial charge in [-0.25, -0.2) is 4.39 Å². The van der Waals surface area contributed by atoms with Crippen molar-refractivity contribution in [2.24, 2.45) is 0 Å². The number of anilines is 2. The molecule has 144 valence electrons. The summed E-state index contributed by atoms with van der Waals surface area (Å²) in [6.07, 6.45) is 0. The van der Waals surface area contributed by atoms with E-state index in [0.717, 1.165) is 16.9 Å². The number of hydrogen-bond acceptors (Lipinski definition) is 3. The molecule has 0 unspecified atom stereocenters. The Balaban J connectivity index is 1.64. The molecule has 3 aromatic carbocycles. The third kappa shape index (κ3) is 5.24. The molecule has 0 saturated carbocycles. The molecular formula is C22H20ClFN2O2. The molecule has 0 aliphatic rings. The van der Waals surface area contributed by atoms with E-state index in [-0.39, 0.29) is 18.3 Å². The maximum atomic E-state index is 13.9. The summed E-state index contributed by atoms with van der Waals surface area (Å²) in [6.45, 7) is 2.05. The molecule has 28 heavy (non-hydrogen) atoms. The first kappa shape index (κ1) is 19.7. The zero-order valence-electron chi connectivity index (χ0n) is 15.3. The van der Waals surface area contributed by atoms with Gasteiger partial charge in [-0.05, 0) is 42.5 Å². The van der Waals surface area contributed by atoms with Gasteiger partial charge in [0.2, 0.25) is 5.91 Å². The number of para-hydroxylation sites is 1. The minimum atomic E-state index is -0.387. The van der Waals surface area contributed by atoms with Gasteiger partial charge in [0.1, 0.15) is 18.2 Å². The van der Waals surface area contributed by atoms with Crippen LogP contribution in [-0.4, -0.2) is 5.91 Å². The Morgan fingerprint density at radius 3 is 2.43 bits per heavy atom. The number of benzene rings is 3. The Morgan fingerprint density at radius 1 is 1.00 bits per heavy atom. The topological polar surface area (TPSA) is 50.4 Å². The van der Waals surface area contributed by atoms with E-state index >= 15 is 0 Å². The lowest BCUT2D eigenvalue weighted by Crippen LogP contribution is -2.06. The molecule has 1 amide bonds. The van der Waals surface area contributed by atoms with E-state index in [0.29, 0.717) is 22.9 Å². The van der Waals surface area contributed by atoms with Gasteiger partial charge in [0.05, 0.1) is 5.02 Å². The SMILES string of the molecule is CC(=O)Nc1ccc(NCc2ccccc2OCc2c(F)cccc2Cl)cc1. The molecule has 0 aliphatic heterocycles. The molecule has 0 aliphatic carbocycles. The summed E-state index contributed by atoms with van der Waals surface area (Å²) < 4.78 is 19.8. The van der Waals surface area contributed by atoms with Gasteiger partial charge < -0.3 is 15.4 Å². The van der Waals surface area contributed by atoms with Gasteiger partial charge >= 0.3 is 0 Å². The predicted octanol–water partition coefficient (Wildman–Crippen LogP) is 5.63.